The topological polar surface area (TPSA) is 114 Å². The molecule has 0 aliphatic heterocycles. The van der Waals surface area contributed by atoms with Gasteiger partial charge in [0.15, 0.2) is 11.5 Å². The molecule has 1 aromatic rings. The van der Waals surface area contributed by atoms with Crippen LogP contribution in [0.25, 0.3) is 6.08 Å². The van der Waals surface area contributed by atoms with Crippen molar-refractivity contribution in [2.75, 3.05) is 14.2 Å². The minimum atomic E-state index is -1.03. The third-order valence-electron chi connectivity index (χ3n) is 2.40. The molecule has 3 N–H and O–H groups in total. The van der Waals surface area contributed by atoms with E-state index >= 15 is 0 Å². The molecule has 0 aromatic heterocycles. The number of hydrogen-bond donors (Lipinski definition) is 2. The number of urea groups is 1. The molecule has 8 heteroatoms. The fraction of sp³-hybridized carbons (Fsp3) is 0.154. The Hall–Kier alpha value is -2.53. The van der Waals surface area contributed by atoms with E-state index in [1.165, 1.54) is 20.3 Å². The zero-order valence-electron chi connectivity index (χ0n) is 11.3. The lowest BCUT2D eigenvalue weighted by Crippen LogP contribution is -2.35. The Kier molecular flexibility index (Phi) is 5.75. The number of benzene rings is 1. The third-order valence-corrected chi connectivity index (χ3v) is 3.09. The normalized spacial score (nSPS) is 10.5. The number of ether oxygens (including phenoxy) is 2. The molecule has 0 fully saturated rings. The minimum absolute atomic E-state index is 0.276. The Morgan fingerprint density at radius 1 is 1.33 bits per heavy atom. The summed E-state index contributed by atoms with van der Waals surface area (Å²) in [6.07, 6.45) is 1.30. The van der Waals surface area contributed by atoms with E-state index in [1.807, 2.05) is 5.32 Å². The molecular formula is C13H12BrN3O4. The molecule has 1 aromatic carbocycles. The number of amides is 3. The monoisotopic (exact) mass is 353 g/mol. The second kappa shape index (κ2) is 7.31. The number of nitrogens with two attached hydrogens (primary N) is 1. The van der Waals surface area contributed by atoms with Crippen molar-refractivity contribution in [3.63, 3.8) is 0 Å². The number of hydrogen-bond acceptors (Lipinski definition) is 5. The molecule has 0 saturated heterocycles. The molecule has 0 atom stereocenters. The zero-order chi connectivity index (χ0) is 16.0. The molecule has 0 aliphatic carbocycles. The molecule has 0 bridgehead atoms. The smallest absolute Gasteiger partial charge is 0.319 e. The van der Waals surface area contributed by atoms with Gasteiger partial charge in [-0.15, -0.1) is 0 Å². The Morgan fingerprint density at radius 3 is 2.38 bits per heavy atom. The van der Waals surface area contributed by atoms with E-state index in [0.717, 1.165) is 0 Å². The number of primary amides is 1. The van der Waals surface area contributed by atoms with E-state index in [4.69, 9.17) is 20.5 Å². The van der Waals surface area contributed by atoms with Crippen LogP contribution in [0, 0.1) is 11.3 Å². The van der Waals surface area contributed by atoms with Gasteiger partial charge in [0, 0.05) is 4.47 Å². The summed E-state index contributed by atoms with van der Waals surface area (Å²) in [4.78, 5) is 22.2. The number of carbonyl (C=O) groups excluding carboxylic acids is 2. The molecule has 21 heavy (non-hydrogen) atoms. The first kappa shape index (κ1) is 16.5. The van der Waals surface area contributed by atoms with Crippen LogP contribution < -0.4 is 20.5 Å². The molecular weight excluding hydrogens is 342 g/mol. The Labute approximate surface area is 129 Å². The summed E-state index contributed by atoms with van der Waals surface area (Å²) in [5.41, 5.74) is 5.07. The van der Waals surface area contributed by atoms with Crippen LogP contribution in [0.1, 0.15) is 5.56 Å². The number of carbonyl (C=O) groups is 2. The van der Waals surface area contributed by atoms with Gasteiger partial charge >= 0.3 is 6.03 Å². The van der Waals surface area contributed by atoms with Crippen LogP contribution in [0.5, 0.6) is 11.5 Å². The second-order valence-electron chi connectivity index (χ2n) is 3.72. The molecule has 0 spiro atoms. The van der Waals surface area contributed by atoms with Gasteiger partial charge in [-0.2, -0.15) is 5.26 Å². The molecule has 0 unspecified atom stereocenters. The number of halogens is 1. The summed E-state index contributed by atoms with van der Waals surface area (Å²) in [5.74, 6) is 0.0351. The van der Waals surface area contributed by atoms with E-state index in [2.05, 4.69) is 15.9 Å². The summed E-state index contributed by atoms with van der Waals surface area (Å²) < 4.78 is 10.8. The van der Waals surface area contributed by atoms with Crippen molar-refractivity contribution >= 4 is 33.9 Å². The van der Waals surface area contributed by atoms with Crippen molar-refractivity contribution in [2.45, 2.75) is 0 Å². The quantitative estimate of drug-likeness (QED) is 0.629. The molecule has 1 rings (SSSR count). The molecule has 0 radical (unpaired) electrons. The summed E-state index contributed by atoms with van der Waals surface area (Å²) in [6, 6.07) is 3.87. The minimum Gasteiger partial charge on any atom is -0.493 e. The van der Waals surface area contributed by atoms with E-state index < -0.39 is 11.9 Å². The lowest BCUT2D eigenvalue weighted by molar-refractivity contribution is -0.115. The van der Waals surface area contributed by atoms with E-state index in [0.29, 0.717) is 21.5 Å². The molecule has 110 valence electrons. The van der Waals surface area contributed by atoms with Crippen LogP contribution in [0.2, 0.25) is 0 Å². The number of imide groups is 1. The van der Waals surface area contributed by atoms with Crippen LogP contribution in [0.15, 0.2) is 22.2 Å². The molecule has 7 nitrogen and oxygen atoms in total. The average molecular weight is 354 g/mol. The maximum atomic E-state index is 11.6. The Balaban J connectivity index is 3.26. The van der Waals surface area contributed by atoms with Gasteiger partial charge in [-0.1, -0.05) is 15.9 Å². The standard InChI is InChI=1S/C13H12BrN3O4/c1-20-10-4-7(9(14)5-11(10)21-2)3-8(6-15)12(18)17-13(16)19/h3-5H,1-2H3,(H3,16,17,18,19)/b8-3-. The van der Waals surface area contributed by atoms with Crippen molar-refractivity contribution in [2.24, 2.45) is 5.73 Å². The molecule has 0 saturated carbocycles. The van der Waals surface area contributed by atoms with Crippen LogP contribution in [-0.4, -0.2) is 26.2 Å². The van der Waals surface area contributed by atoms with Gasteiger partial charge in [-0.3, -0.25) is 10.1 Å². The summed E-state index contributed by atoms with van der Waals surface area (Å²) in [6.45, 7) is 0. The zero-order valence-corrected chi connectivity index (χ0v) is 12.9. The highest BCUT2D eigenvalue weighted by atomic mass is 79.9. The Morgan fingerprint density at radius 2 is 1.90 bits per heavy atom. The second-order valence-corrected chi connectivity index (χ2v) is 4.57. The van der Waals surface area contributed by atoms with Crippen LogP contribution in [0.3, 0.4) is 0 Å². The van der Waals surface area contributed by atoms with Gasteiger partial charge in [-0.05, 0) is 23.8 Å². The first-order valence-corrected chi connectivity index (χ1v) is 6.36. The maximum Gasteiger partial charge on any atom is 0.319 e. The lowest BCUT2D eigenvalue weighted by atomic mass is 10.1. The lowest BCUT2D eigenvalue weighted by Gasteiger charge is -2.10. The van der Waals surface area contributed by atoms with Crippen molar-refractivity contribution < 1.29 is 19.1 Å². The fourth-order valence-electron chi connectivity index (χ4n) is 1.46. The highest BCUT2D eigenvalue weighted by molar-refractivity contribution is 9.10. The largest absolute Gasteiger partial charge is 0.493 e. The van der Waals surface area contributed by atoms with E-state index in [1.54, 1.807) is 18.2 Å². The highest BCUT2D eigenvalue weighted by Crippen LogP contribution is 2.34. The van der Waals surface area contributed by atoms with E-state index in [-0.39, 0.29) is 5.57 Å². The van der Waals surface area contributed by atoms with Crippen LogP contribution in [-0.2, 0) is 4.79 Å². The number of nitriles is 1. The van der Waals surface area contributed by atoms with Crippen molar-refractivity contribution in [1.82, 2.24) is 5.32 Å². The summed E-state index contributed by atoms with van der Waals surface area (Å²) >= 11 is 3.30. The molecule has 3 amide bonds. The van der Waals surface area contributed by atoms with Crippen molar-refractivity contribution in [3.05, 3.63) is 27.7 Å². The first-order chi connectivity index (χ1) is 9.92. The number of nitrogens with one attached hydrogen (secondary N) is 1. The SMILES string of the molecule is COc1cc(Br)c(/C=C(/C#N)C(=O)NC(N)=O)cc1OC. The van der Waals surface area contributed by atoms with Gasteiger partial charge in [-0.25, -0.2) is 4.79 Å². The summed E-state index contributed by atoms with van der Waals surface area (Å²) in [7, 11) is 2.95. The number of methoxy groups -OCH3 is 2. The predicted molar refractivity (Wildman–Crippen MR) is 78.6 cm³/mol. The molecule has 0 aliphatic rings. The predicted octanol–water partition coefficient (Wildman–Crippen LogP) is 1.57. The maximum absolute atomic E-state index is 11.6. The van der Waals surface area contributed by atoms with Gasteiger partial charge in [0.1, 0.15) is 11.6 Å². The van der Waals surface area contributed by atoms with Crippen molar-refractivity contribution in [1.29, 1.82) is 5.26 Å². The number of nitrogens with zero attached hydrogens (tertiary/aromatic N) is 1. The van der Waals surface area contributed by atoms with Crippen molar-refractivity contribution in [3.8, 4) is 17.6 Å². The van der Waals surface area contributed by atoms with Gasteiger partial charge in [0.05, 0.1) is 14.2 Å². The highest BCUT2D eigenvalue weighted by Gasteiger charge is 2.14. The third kappa shape index (κ3) is 4.22. The van der Waals surface area contributed by atoms with Gasteiger partial charge < -0.3 is 15.2 Å². The average Bonchev–Trinajstić information content (AvgIpc) is 2.44. The van der Waals surface area contributed by atoms with Gasteiger partial charge in [0.2, 0.25) is 0 Å². The fourth-order valence-corrected chi connectivity index (χ4v) is 1.90. The van der Waals surface area contributed by atoms with Crippen LogP contribution >= 0.6 is 15.9 Å². The molecule has 0 heterocycles. The number of rotatable bonds is 4. The van der Waals surface area contributed by atoms with Crippen LogP contribution in [0.4, 0.5) is 4.79 Å². The Bertz CT molecular complexity index is 650. The van der Waals surface area contributed by atoms with Gasteiger partial charge in [0.25, 0.3) is 5.91 Å². The first-order valence-electron chi connectivity index (χ1n) is 5.57. The summed E-state index contributed by atoms with van der Waals surface area (Å²) in [5, 5.41) is 10.8. The van der Waals surface area contributed by atoms with E-state index in [9.17, 15) is 9.59 Å².